The molecule has 4 heteroatoms. The molecule has 0 aliphatic carbocycles. The van der Waals surface area contributed by atoms with Gasteiger partial charge in [0.1, 0.15) is 5.69 Å². The minimum absolute atomic E-state index is 0.0455. The highest BCUT2D eigenvalue weighted by molar-refractivity contribution is 5.81. The first kappa shape index (κ1) is 8.74. The Morgan fingerprint density at radius 3 is 2.64 bits per heavy atom. The van der Waals surface area contributed by atoms with Gasteiger partial charge in [-0.15, -0.1) is 0 Å². The van der Waals surface area contributed by atoms with Gasteiger partial charge in [-0.2, -0.15) is 0 Å². The monoisotopic (exact) mass is 190 g/mol. The maximum Gasteiger partial charge on any atom is 0.240 e. The molecule has 0 spiro atoms. The van der Waals surface area contributed by atoms with Crippen LogP contribution in [0.2, 0.25) is 0 Å². The van der Waals surface area contributed by atoms with E-state index in [0.29, 0.717) is 18.7 Å². The van der Waals surface area contributed by atoms with E-state index in [9.17, 15) is 9.59 Å². The summed E-state index contributed by atoms with van der Waals surface area (Å²) in [4.78, 5) is 22.5. The average molecular weight is 190 g/mol. The molecule has 0 aromatic heterocycles. The van der Waals surface area contributed by atoms with Crippen LogP contribution in [0.3, 0.4) is 0 Å². The molecule has 1 aliphatic rings. The van der Waals surface area contributed by atoms with Crippen LogP contribution in [0.15, 0.2) is 35.1 Å². The SMILES string of the molecule is O=C1CCN(c2cccccc2=O)N1. The van der Waals surface area contributed by atoms with Crippen LogP contribution >= 0.6 is 0 Å². The number of hydrogen-bond donors (Lipinski definition) is 1. The lowest BCUT2D eigenvalue weighted by molar-refractivity contribution is -0.119. The topological polar surface area (TPSA) is 49.4 Å². The summed E-state index contributed by atoms with van der Waals surface area (Å²) in [5.74, 6) is -0.0455. The molecule has 1 aromatic carbocycles. The minimum atomic E-state index is -0.0859. The van der Waals surface area contributed by atoms with Crippen molar-refractivity contribution in [3.05, 3.63) is 40.6 Å². The van der Waals surface area contributed by atoms with E-state index < -0.39 is 0 Å². The summed E-state index contributed by atoms with van der Waals surface area (Å²) in [6.45, 7) is 0.554. The number of amides is 1. The number of nitrogens with zero attached hydrogens (tertiary/aromatic N) is 1. The van der Waals surface area contributed by atoms with Gasteiger partial charge in [-0.25, -0.2) is 0 Å². The Balaban J connectivity index is 2.38. The zero-order valence-electron chi connectivity index (χ0n) is 7.56. The van der Waals surface area contributed by atoms with Gasteiger partial charge >= 0.3 is 0 Å². The molecule has 1 heterocycles. The average Bonchev–Trinajstić information content (AvgIpc) is 2.46. The Labute approximate surface area is 81.1 Å². The molecular weight excluding hydrogens is 180 g/mol. The molecule has 0 radical (unpaired) electrons. The molecule has 1 fully saturated rings. The summed E-state index contributed by atoms with van der Waals surface area (Å²) in [6, 6.07) is 8.43. The van der Waals surface area contributed by atoms with Crippen molar-refractivity contribution >= 4 is 11.6 Å². The summed E-state index contributed by atoms with van der Waals surface area (Å²) in [6.07, 6.45) is 0.443. The van der Waals surface area contributed by atoms with Gasteiger partial charge in [0, 0.05) is 13.0 Å². The van der Waals surface area contributed by atoms with Crippen molar-refractivity contribution in [1.29, 1.82) is 0 Å². The predicted molar refractivity (Wildman–Crippen MR) is 52.8 cm³/mol. The predicted octanol–water partition coefficient (Wildman–Crippen LogP) is 0.288. The molecule has 1 aliphatic heterocycles. The van der Waals surface area contributed by atoms with E-state index in [-0.39, 0.29) is 11.3 Å². The normalized spacial score (nSPS) is 15.4. The van der Waals surface area contributed by atoms with Crippen LogP contribution < -0.4 is 15.9 Å². The molecule has 0 saturated carbocycles. The van der Waals surface area contributed by atoms with Crippen LogP contribution in [0.25, 0.3) is 0 Å². The molecular formula is C10H10N2O2. The van der Waals surface area contributed by atoms with Crippen LogP contribution in [0.4, 0.5) is 5.69 Å². The van der Waals surface area contributed by atoms with Crippen LogP contribution in [-0.2, 0) is 4.79 Å². The number of carbonyl (C=O) groups excluding carboxylic acids is 1. The largest absolute Gasteiger partial charge is 0.288 e. The fourth-order valence-corrected chi connectivity index (χ4v) is 1.40. The molecule has 4 nitrogen and oxygen atoms in total. The summed E-state index contributed by atoms with van der Waals surface area (Å²) in [7, 11) is 0. The summed E-state index contributed by atoms with van der Waals surface area (Å²) >= 11 is 0. The highest BCUT2D eigenvalue weighted by atomic mass is 16.2. The molecule has 1 saturated heterocycles. The molecule has 0 bridgehead atoms. The first-order chi connectivity index (χ1) is 6.77. The summed E-state index contributed by atoms with van der Waals surface area (Å²) in [5.41, 5.74) is 3.05. The Hall–Kier alpha value is -1.84. The summed E-state index contributed by atoms with van der Waals surface area (Å²) in [5, 5.41) is 1.59. The third-order valence-corrected chi connectivity index (χ3v) is 2.09. The van der Waals surface area contributed by atoms with Crippen molar-refractivity contribution in [3.8, 4) is 0 Å². The van der Waals surface area contributed by atoms with Crippen molar-refractivity contribution in [2.75, 3.05) is 11.6 Å². The van der Waals surface area contributed by atoms with Crippen LogP contribution in [0.1, 0.15) is 6.42 Å². The van der Waals surface area contributed by atoms with E-state index in [0.717, 1.165) is 0 Å². The third kappa shape index (κ3) is 1.59. The third-order valence-electron chi connectivity index (χ3n) is 2.09. The Kier molecular flexibility index (Phi) is 2.18. The van der Waals surface area contributed by atoms with Crippen molar-refractivity contribution in [1.82, 2.24) is 5.43 Å². The highest BCUT2D eigenvalue weighted by Gasteiger charge is 2.19. The second-order valence-corrected chi connectivity index (χ2v) is 3.10. The summed E-state index contributed by atoms with van der Waals surface area (Å²) < 4.78 is 0. The van der Waals surface area contributed by atoms with Crippen molar-refractivity contribution < 1.29 is 4.79 Å². The Bertz CT molecular complexity index is 417. The number of carbonyl (C=O) groups is 1. The van der Waals surface area contributed by atoms with Crippen LogP contribution in [-0.4, -0.2) is 12.5 Å². The van der Waals surface area contributed by atoms with Crippen molar-refractivity contribution in [3.63, 3.8) is 0 Å². The first-order valence-electron chi connectivity index (χ1n) is 4.44. The van der Waals surface area contributed by atoms with Gasteiger partial charge in [0.25, 0.3) is 0 Å². The number of rotatable bonds is 1. The first-order valence-corrected chi connectivity index (χ1v) is 4.44. The van der Waals surface area contributed by atoms with Gasteiger partial charge < -0.3 is 0 Å². The molecule has 1 amide bonds. The van der Waals surface area contributed by atoms with Gasteiger partial charge in [0.05, 0.1) is 0 Å². The molecule has 1 aromatic rings. The molecule has 0 unspecified atom stereocenters. The smallest absolute Gasteiger partial charge is 0.240 e. The van der Waals surface area contributed by atoms with Gasteiger partial charge in [-0.05, 0) is 12.1 Å². The van der Waals surface area contributed by atoms with Gasteiger partial charge in [0.15, 0.2) is 0 Å². The second kappa shape index (κ2) is 3.49. The molecule has 14 heavy (non-hydrogen) atoms. The maximum absolute atomic E-state index is 11.5. The Morgan fingerprint density at radius 2 is 1.93 bits per heavy atom. The lowest BCUT2D eigenvalue weighted by Gasteiger charge is -2.14. The molecule has 0 atom stereocenters. The van der Waals surface area contributed by atoms with Crippen molar-refractivity contribution in [2.24, 2.45) is 0 Å². The van der Waals surface area contributed by atoms with E-state index in [1.54, 1.807) is 29.3 Å². The van der Waals surface area contributed by atoms with Gasteiger partial charge in [0.2, 0.25) is 11.3 Å². The van der Waals surface area contributed by atoms with Crippen molar-refractivity contribution in [2.45, 2.75) is 6.42 Å². The van der Waals surface area contributed by atoms with E-state index in [4.69, 9.17) is 0 Å². The standard InChI is InChI=1S/C10H10N2O2/c13-9-5-3-1-2-4-8(9)12-7-6-10(14)11-12/h1-5H,6-7H2,(H,11,14). The number of nitrogens with one attached hydrogen (secondary N) is 1. The quantitative estimate of drug-likeness (QED) is 0.692. The van der Waals surface area contributed by atoms with E-state index in [1.165, 1.54) is 6.07 Å². The van der Waals surface area contributed by atoms with Crippen LogP contribution in [0.5, 0.6) is 0 Å². The Morgan fingerprint density at radius 1 is 1.14 bits per heavy atom. The molecule has 72 valence electrons. The molecule has 1 N–H and O–H groups in total. The number of hydrogen-bond acceptors (Lipinski definition) is 3. The minimum Gasteiger partial charge on any atom is -0.288 e. The van der Waals surface area contributed by atoms with Crippen LogP contribution in [0, 0.1) is 0 Å². The fraction of sp³-hybridized carbons (Fsp3) is 0.200. The van der Waals surface area contributed by atoms with Gasteiger partial charge in [-0.1, -0.05) is 18.2 Å². The van der Waals surface area contributed by atoms with Gasteiger partial charge in [-0.3, -0.25) is 20.0 Å². The zero-order chi connectivity index (χ0) is 9.97. The highest BCUT2D eigenvalue weighted by Crippen LogP contribution is 2.08. The maximum atomic E-state index is 11.5. The molecule has 2 rings (SSSR count). The lowest BCUT2D eigenvalue weighted by atomic mass is 10.4. The van der Waals surface area contributed by atoms with E-state index in [1.807, 2.05) is 0 Å². The lowest BCUT2D eigenvalue weighted by Crippen LogP contribution is -2.35. The number of hydrazine groups is 1. The fourth-order valence-electron chi connectivity index (χ4n) is 1.40. The van der Waals surface area contributed by atoms with E-state index in [2.05, 4.69) is 5.43 Å². The second-order valence-electron chi connectivity index (χ2n) is 3.10. The van der Waals surface area contributed by atoms with E-state index >= 15 is 0 Å². The number of anilines is 1. The zero-order valence-corrected chi connectivity index (χ0v) is 7.56.